The number of aliphatic hydroxyl groups is 1. The first-order valence-corrected chi connectivity index (χ1v) is 10.2. The minimum absolute atomic E-state index is 0.403. The van der Waals surface area contributed by atoms with Gasteiger partial charge >= 0.3 is 12.4 Å². The quantitative estimate of drug-likeness (QED) is 0.634. The summed E-state index contributed by atoms with van der Waals surface area (Å²) in [4.78, 5) is 11.2. The van der Waals surface area contributed by atoms with E-state index in [0.717, 1.165) is 24.3 Å². The molecule has 2 aromatic rings. The van der Waals surface area contributed by atoms with Gasteiger partial charge in [-0.2, -0.15) is 31.6 Å². The highest BCUT2D eigenvalue weighted by Crippen LogP contribution is 2.36. The van der Waals surface area contributed by atoms with E-state index in [1.165, 1.54) is 6.07 Å². The van der Waals surface area contributed by atoms with Gasteiger partial charge in [0.25, 0.3) is 5.91 Å². The van der Waals surface area contributed by atoms with Crippen LogP contribution in [0.2, 0.25) is 0 Å². The minimum Gasteiger partial charge on any atom is -0.379 e. The molecule has 0 saturated heterocycles. The second-order valence-corrected chi connectivity index (χ2v) is 8.81. The summed E-state index contributed by atoms with van der Waals surface area (Å²) in [7, 11) is -4.87. The summed E-state index contributed by atoms with van der Waals surface area (Å²) in [5.41, 5.74) is -6.96. The first-order valence-electron chi connectivity index (χ1n) is 8.53. The number of hydrogen-bond acceptors (Lipinski definition) is 5. The lowest BCUT2D eigenvalue weighted by atomic mass is 10.1. The third kappa shape index (κ3) is 5.57. The Hall–Kier alpha value is -3.11. The average Bonchev–Trinajstić information content (AvgIpc) is 2.65. The lowest BCUT2D eigenvalue weighted by molar-refractivity contribution is -0.140. The summed E-state index contributed by atoms with van der Waals surface area (Å²) in [6.07, 6.45) is -9.98. The Labute approximate surface area is 178 Å². The SMILES string of the molecule is C[C@](O)(CS(=O)(=O)c1ccccc1C(F)(F)F)C(=O)Nc1ccc(C#N)c(C(F)(F)F)c1. The molecule has 1 atom stereocenters. The molecule has 1 amide bonds. The van der Waals surface area contributed by atoms with E-state index in [0.29, 0.717) is 25.1 Å². The predicted molar refractivity (Wildman–Crippen MR) is 98.9 cm³/mol. The number of benzene rings is 2. The van der Waals surface area contributed by atoms with E-state index in [2.05, 4.69) is 0 Å². The van der Waals surface area contributed by atoms with Gasteiger partial charge in [-0.1, -0.05) is 12.1 Å². The highest BCUT2D eigenvalue weighted by molar-refractivity contribution is 7.91. The summed E-state index contributed by atoms with van der Waals surface area (Å²) in [5, 5.41) is 21.0. The molecule has 13 heteroatoms. The third-order valence-electron chi connectivity index (χ3n) is 4.19. The van der Waals surface area contributed by atoms with Gasteiger partial charge in [0.05, 0.1) is 33.4 Å². The van der Waals surface area contributed by atoms with Crippen molar-refractivity contribution in [3.8, 4) is 6.07 Å². The van der Waals surface area contributed by atoms with Gasteiger partial charge in [-0.25, -0.2) is 8.42 Å². The van der Waals surface area contributed by atoms with Crippen LogP contribution >= 0.6 is 0 Å². The van der Waals surface area contributed by atoms with Gasteiger partial charge in [-0.3, -0.25) is 4.79 Å². The van der Waals surface area contributed by atoms with Crippen molar-refractivity contribution >= 4 is 21.4 Å². The molecule has 172 valence electrons. The highest BCUT2D eigenvalue weighted by Gasteiger charge is 2.42. The van der Waals surface area contributed by atoms with Crippen LogP contribution in [0.4, 0.5) is 32.0 Å². The summed E-state index contributed by atoms with van der Waals surface area (Å²) < 4.78 is 104. The fourth-order valence-electron chi connectivity index (χ4n) is 2.71. The maximum Gasteiger partial charge on any atom is 0.417 e. The fraction of sp³-hybridized carbons (Fsp3) is 0.263. The molecule has 2 N–H and O–H groups in total. The van der Waals surface area contributed by atoms with Crippen molar-refractivity contribution < 1.29 is 44.7 Å². The van der Waals surface area contributed by atoms with E-state index in [9.17, 15) is 44.7 Å². The van der Waals surface area contributed by atoms with E-state index >= 15 is 0 Å². The van der Waals surface area contributed by atoms with Crippen LogP contribution in [0, 0.1) is 11.3 Å². The molecule has 0 aliphatic rings. The lowest BCUT2D eigenvalue weighted by Gasteiger charge is -2.23. The molecule has 2 aromatic carbocycles. The Kier molecular flexibility index (Phi) is 6.63. The monoisotopic (exact) mass is 480 g/mol. The van der Waals surface area contributed by atoms with Crippen LogP contribution in [-0.2, 0) is 27.0 Å². The zero-order valence-corrected chi connectivity index (χ0v) is 16.9. The number of anilines is 1. The molecule has 6 nitrogen and oxygen atoms in total. The van der Waals surface area contributed by atoms with Crippen molar-refractivity contribution in [2.75, 3.05) is 11.1 Å². The molecule has 0 bridgehead atoms. The predicted octanol–water partition coefficient (Wildman–Crippen LogP) is 3.76. The second-order valence-electron chi connectivity index (χ2n) is 6.85. The number of amides is 1. The van der Waals surface area contributed by atoms with Crippen molar-refractivity contribution in [3.63, 3.8) is 0 Å². The fourth-order valence-corrected chi connectivity index (χ4v) is 4.54. The number of sulfone groups is 1. The maximum atomic E-state index is 13.1. The zero-order valence-electron chi connectivity index (χ0n) is 16.0. The van der Waals surface area contributed by atoms with Crippen molar-refractivity contribution in [1.29, 1.82) is 5.26 Å². The summed E-state index contributed by atoms with van der Waals surface area (Å²) in [6.45, 7) is 0.685. The minimum atomic E-state index is -5.03. The first-order chi connectivity index (χ1) is 14.5. The molecule has 0 radical (unpaired) electrons. The molecule has 0 spiro atoms. The normalized spacial score (nSPS) is 14.3. The number of nitrogens with zero attached hydrogens (tertiary/aromatic N) is 1. The van der Waals surface area contributed by atoms with Crippen molar-refractivity contribution in [3.05, 3.63) is 59.2 Å². The van der Waals surface area contributed by atoms with Gasteiger partial charge in [0, 0.05) is 5.69 Å². The van der Waals surface area contributed by atoms with Crippen LogP contribution < -0.4 is 5.32 Å². The van der Waals surface area contributed by atoms with E-state index < -0.39 is 66.7 Å². The number of alkyl halides is 6. The topological polar surface area (TPSA) is 107 Å². The Morgan fingerprint density at radius 3 is 2.12 bits per heavy atom. The first kappa shape index (κ1) is 25.2. The summed E-state index contributed by atoms with van der Waals surface area (Å²) in [6, 6.07) is 6.53. The van der Waals surface area contributed by atoms with Crippen LogP contribution in [0.1, 0.15) is 23.6 Å². The largest absolute Gasteiger partial charge is 0.417 e. The van der Waals surface area contributed by atoms with Crippen LogP contribution in [0.3, 0.4) is 0 Å². The molecule has 0 saturated carbocycles. The molecule has 0 aliphatic carbocycles. The van der Waals surface area contributed by atoms with E-state index in [4.69, 9.17) is 5.26 Å². The molecular weight excluding hydrogens is 466 g/mol. The van der Waals surface area contributed by atoms with Crippen molar-refractivity contribution in [2.24, 2.45) is 0 Å². The Balaban J connectivity index is 2.34. The van der Waals surface area contributed by atoms with Gasteiger partial charge in [-0.15, -0.1) is 0 Å². The molecule has 2 rings (SSSR count). The van der Waals surface area contributed by atoms with Crippen LogP contribution in [0.25, 0.3) is 0 Å². The summed E-state index contributed by atoms with van der Waals surface area (Å²) in [5.74, 6) is -2.97. The number of nitriles is 1. The lowest BCUT2D eigenvalue weighted by Crippen LogP contribution is -2.46. The van der Waals surface area contributed by atoms with Gasteiger partial charge < -0.3 is 10.4 Å². The molecular formula is C19H14F6N2O4S. The Morgan fingerprint density at radius 1 is 1.03 bits per heavy atom. The molecule has 0 aromatic heterocycles. The molecule has 0 fully saturated rings. The van der Waals surface area contributed by atoms with E-state index in [1.807, 2.05) is 5.32 Å². The van der Waals surface area contributed by atoms with E-state index in [1.54, 1.807) is 0 Å². The Morgan fingerprint density at radius 2 is 1.59 bits per heavy atom. The maximum absolute atomic E-state index is 13.1. The molecule has 0 aliphatic heterocycles. The van der Waals surface area contributed by atoms with Crippen LogP contribution in [0.5, 0.6) is 0 Å². The number of carbonyl (C=O) groups excluding carboxylic acids is 1. The molecule has 0 heterocycles. The number of hydrogen-bond donors (Lipinski definition) is 2. The average molecular weight is 480 g/mol. The smallest absolute Gasteiger partial charge is 0.379 e. The number of rotatable bonds is 5. The van der Waals surface area contributed by atoms with Gasteiger partial charge in [0.1, 0.15) is 0 Å². The summed E-state index contributed by atoms with van der Waals surface area (Å²) >= 11 is 0. The number of nitrogens with one attached hydrogen (secondary N) is 1. The van der Waals surface area contributed by atoms with Gasteiger partial charge in [0.2, 0.25) is 0 Å². The number of carbonyl (C=O) groups is 1. The van der Waals surface area contributed by atoms with Gasteiger partial charge in [-0.05, 0) is 37.3 Å². The van der Waals surface area contributed by atoms with Crippen molar-refractivity contribution in [2.45, 2.75) is 29.8 Å². The molecule has 32 heavy (non-hydrogen) atoms. The van der Waals surface area contributed by atoms with E-state index in [-0.39, 0.29) is 0 Å². The van der Waals surface area contributed by atoms with Crippen molar-refractivity contribution in [1.82, 2.24) is 0 Å². The van der Waals surface area contributed by atoms with Gasteiger partial charge in [0.15, 0.2) is 15.4 Å². The highest BCUT2D eigenvalue weighted by atomic mass is 32.2. The second kappa shape index (κ2) is 8.44. The van der Waals surface area contributed by atoms with Crippen LogP contribution in [0.15, 0.2) is 47.4 Å². The standard InChI is InChI=1S/C19H14F6N2O4S/c1-17(29,10-32(30,31)15-5-3-2-4-13(15)18(20,21)22)16(28)27-12-7-6-11(9-26)14(8-12)19(23,24)25/h2-8,29H,10H2,1H3,(H,27,28)/t17-/m0/s1. The number of halogens is 6. The van der Waals surface area contributed by atoms with Crippen LogP contribution in [-0.4, -0.2) is 30.8 Å². The zero-order chi connectivity index (χ0) is 24.5. The Bertz CT molecular complexity index is 1180. The molecule has 0 unspecified atom stereocenters. The third-order valence-corrected chi connectivity index (χ3v) is 6.16.